The first-order valence-corrected chi connectivity index (χ1v) is 8.63. The molecule has 1 unspecified atom stereocenters. The molecule has 2 amide bonds. The maximum Gasteiger partial charge on any atom is 0.416 e. The Hall–Kier alpha value is -3.77. The number of carbonyl (C=O) groups is 2. The molecule has 0 radical (unpaired) electrons. The molecule has 13 heteroatoms. The smallest absolute Gasteiger partial charge is 0.311 e. The van der Waals surface area contributed by atoms with Gasteiger partial charge in [0.2, 0.25) is 11.8 Å². The molecule has 0 bridgehead atoms. The van der Waals surface area contributed by atoms with Crippen LogP contribution < -0.4 is 15.8 Å². The van der Waals surface area contributed by atoms with Gasteiger partial charge in [-0.3, -0.25) is 30.6 Å². The van der Waals surface area contributed by atoms with Crippen LogP contribution in [-0.2, 0) is 15.8 Å². The van der Waals surface area contributed by atoms with Crippen molar-refractivity contribution in [3.63, 3.8) is 0 Å². The van der Waals surface area contributed by atoms with Gasteiger partial charge in [-0.15, -0.1) is 0 Å². The molecule has 0 saturated carbocycles. The number of hydrogen-bond donors (Lipinski definition) is 2. The lowest BCUT2D eigenvalue weighted by Crippen LogP contribution is -2.36. The molecule has 2 aromatic rings. The number of hydrazine groups is 1. The maximum atomic E-state index is 13.4. The SMILES string of the molecule is O=C(NNc1ccc(C(F)(F)F)cc1[N+](=O)[O-])C1CC(=O)N(c2cc(F)cc(F)c2)C1. The number of amides is 2. The first-order valence-electron chi connectivity index (χ1n) is 8.63. The average molecular weight is 444 g/mol. The Kier molecular flexibility index (Phi) is 5.77. The normalized spacial score (nSPS) is 16.4. The van der Waals surface area contributed by atoms with Crippen molar-refractivity contribution < 1.29 is 36.5 Å². The highest BCUT2D eigenvalue weighted by Crippen LogP contribution is 2.35. The summed E-state index contributed by atoms with van der Waals surface area (Å²) in [7, 11) is 0. The fourth-order valence-corrected chi connectivity index (χ4v) is 3.02. The number of nitrogens with zero attached hydrogens (tertiary/aromatic N) is 2. The van der Waals surface area contributed by atoms with Gasteiger partial charge in [0.1, 0.15) is 17.3 Å². The summed E-state index contributed by atoms with van der Waals surface area (Å²) in [6.07, 6.45) is -5.10. The Bertz CT molecular complexity index is 1040. The number of nitro groups is 1. The van der Waals surface area contributed by atoms with E-state index in [4.69, 9.17) is 0 Å². The Balaban J connectivity index is 1.70. The van der Waals surface area contributed by atoms with Crippen LogP contribution in [0.1, 0.15) is 12.0 Å². The molecule has 8 nitrogen and oxygen atoms in total. The van der Waals surface area contributed by atoms with E-state index in [2.05, 4.69) is 10.9 Å². The molecule has 2 aromatic carbocycles. The summed E-state index contributed by atoms with van der Waals surface area (Å²) in [4.78, 5) is 35.5. The molecule has 1 aliphatic heterocycles. The van der Waals surface area contributed by atoms with Crippen LogP contribution in [0.25, 0.3) is 0 Å². The van der Waals surface area contributed by atoms with Gasteiger partial charge >= 0.3 is 6.18 Å². The highest BCUT2D eigenvalue weighted by Gasteiger charge is 2.36. The van der Waals surface area contributed by atoms with Crippen LogP contribution in [0.5, 0.6) is 0 Å². The van der Waals surface area contributed by atoms with Crippen molar-refractivity contribution in [3.8, 4) is 0 Å². The maximum absolute atomic E-state index is 13.4. The van der Waals surface area contributed by atoms with Crippen molar-refractivity contribution in [2.45, 2.75) is 12.6 Å². The highest BCUT2D eigenvalue weighted by molar-refractivity contribution is 6.00. The lowest BCUT2D eigenvalue weighted by molar-refractivity contribution is -0.384. The summed E-state index contributed by atoms with van der Waals surface area (Å²) in [5.41, 5.74) is 1.64. The minimum Gasteiger partial charge on any atom is -0.311 e. The minimum atomic E-state index is -4.80. The van der Waals surface area contributed by atoms with Crippen molar-refractivity contribution in [2.24, 2.45) is 5.92 Å². The zero-order valence-electron chi connectivity index (χ0n) is 15.4. The largest absolute Gasteiger partial charge is 0.416 e. The fraction of sp³-hybridized carbons (Fsp3) is 0.222. The molecule has 2 N–H and O–H groups in total. The number of benzene rings is 2. The van der Waals surface area contributed by atoms with Crippen molar-refractivity contribution in [3.05, 3.63) is 63.7 Å². The molecule has 31 heavy (non-hydrogen) atoms. The molecule has 0 aliphatic carbocycles. The lowest BCUT2D eigenvalue weighted by Gasteiger charge is -2.17. The van der Waals surface area contributed by atoms with E-state index in [9.17, 15) is 41.7 Å². The van der Waals surface area contributed by atoms with Crippen LogP contribution in [0.15, 0.2) is 36.4 Å². The van der Waals surface area contributed by atoms with E-state index < -0.39 is 57.4 Å². The van der Waals surface area contributed by atoms with Crippen LogP contribution in [0.3, 0.4) is 0 Å². The summed E-state index contributed by atoms with van der Waals surface area (Å²) >= 11 is 0. The zero-order valence-corrected chi connectivity index (χ0v) is 15.4. The van der Waals surface area contributed by atoms with Gasteiger partial charge in [-0.1, -0.05) is 0 Å². The molecular formula is C18H13F5N4O4. The summed E-state index contributed by atoms with van der Waals surface area (Å²) in [6, 6.07) is 4.16. The van der Waals surface area contributed by atoms with Crippen LogP contribution in [0, 0.1) is 27.7 Å². The Morgan fingerprint density at radius 2 is 1.77 bits per heavy atom. The summed E-state index contributed by atoms with van der Waals surface area (Å²) in [6.45, 7) is -0.218. The van der Waals surface area contributed by atoms with Gasteiger partial charge in [-0.25, -0.2) is 8.78 Å². The zero-order chi connectivity index (χ0) is 22.9. The molecular weight excluding hydrogens is 431 g/mol. The molecule has 1 heterocycles. The van der Waals surface area contributed by atoms with Crippen LogP contribution in [-0.4, -0.2) is 23.3 Å². The topological polar surface area (TPSA) is 105 Å². The van der Waals surface area contributed by atoms with Crippen molar-refractivity contribution >= 4 is 28.9 Å². The second kappa shape index (κ2) is 8.16. The van der Waals surface area contributed by atoms with E-state index in [0.717, 1.165) is 23.1 Å². The molecule has 1 atom stereocenters. The van der Waals surface area contributed by atoms with E-state index in [-0.39, 0.29) is 18.7 Å². The van der Waals surface area contributed by atoms with Gasteiger partial charge in [0.15, 0.2) is 0 Å². The van der Waals surface area contributed by atoms with Crippen LogP contribution in [0.4, 0.5) is 39.0 Å². The molecule has 1 fully saturated rings. The Morgan fingerprint density at radius 3 is 2.35 bits per heavy atom. The van der Waals surface area contributed by atoms with E-state index in [1.54, 1.807) is 0 Å². The monoisotopic (exact) mass is 444 g/mol. The average Bonchev–Trinajstić information content (AvgIpc) is 3.06. The van der Waals surface area contributed by atoms with E-state index >= 15 is 0 Å². The number of anilines is 2. The third-order valence-corrected chi connectivity index (χ3v) is 4.50. The second-order valence-corrected chi connectivity index (χ2v) is 6.63. The molecule has 1 aliphatic rings. The molecule has 0 aromatic heterocycles. The highest BCUT2D eigenvalue weighted by atomic mass is 19.4. The number of rotatable bonds is 5. The quantitative estimate of drug-likeness (QED) is 0.418. The molecule has 3 rings (SSSR count). The van der Waals surface area contributed by atoms with E-state index in [0.29, 0.717) is 18.2 Å². The second-order valence-electron chi connectivity index (χ2n) is 6.63. The van der Waals surface area contributed by atoms with Gasteiger partial charge in [0, 0.05) is 30.8 Å². The van der Waals surface area contributed by atoms with Gasteiger partial charge in [-0.2, -0.15) is 13.2 Å². The third kappa shape index (κ3) is 4.87. The summed E-state index contributed by atoms with van der Waals surface area (Å²) in [5.74, 6) is -4.16. The first kappa shape index (κ1) is 21.9. The predicted molar refractivity (Wildman–Crippen MR) is 96.7 cm³/mol. The van der Waals surface area contributed by atoms with Crippen molar-refractivity contribution in [1.29, 1.82) is 0 Å². The minimum absolute atomic E-state index is 0.0795. The lowest BCUT2D eigenvalue weighted by atomic mass is 10.1. The van der Waals surface area contributed by atoms with Gasteiger partial charge in [0.25, 0.3) is 5.69 Å². The van der Waals surface area contributed by atoms with Gasteiger partial charge < -0.3 is 4.90 Å². The number of hydrogen-bond acceptors (Lipinski definition) is 5. The summed E-state index contributed by atoms with van der Waals surface area (Å²) < 4.78 is 65.0. The number of nitrogens with one attached hydrogen (secondary N) is 2. The molecule has 1 saturated heterocycles. The molecule has 164 valence electrons. The van der Waals surface area contributed by atoms with Crippen LogP contribution >= 0.6 is 0 Å². The standard InChI is InChI=1S/C18H13F5N4O4/c19-11-5-12(20)7-13(6-11)26-8-9(3-16(26)28)17(29)25-24-14-2-1-10(18(21,22)23)4-15(14)27(30)31/h1-2,4-7,9,24H,3,8H2,(H,25,29). The summed E-state index contributed by atoms with van der Waals surface area (Å²) in [5, 5.41) is 11.1. The molecule has 0 spiro atoms. The number of alkyl halides is 3. The number of carbonyl (C=O) groups excluding carboxylic acids is 2. The van der Waals surface area contributed by atoms with Crippen LogP contribution in [0.2, 0.25) is 0 Å². The van der Waals surface area contributed by atoms with E-state index in [1.807, 2.05) is 0 Å². The first-order chi connectivity index (χ1) is 14.5. The fourth-order valence-electron chi connectivity index (χ4n) is 3.02. The predicted octanol–water partition coefficient (Wildman–Crippen LogP) is 3.39. The van der Waals surface area contributed by atoms with Gasteiger partial charge in [-0.05, 0) is 24.3 Å². The van der Waals surface area contributed by atoms with Crippen molar-refractivity contribution in [2.75, 3.05) is 16.9 Å². The van der Waals surface area contributed by atoms with Gasteiger partial charge in [0.05, 0.1) is 16.4 Å². The third-order valence-electron chi connectivity index (χ3n) is 4.50. The number of halogens is 5. The van der Waals surface area contributed by atoms with Crippen molar-refractivity contribution in [1.82, 2.24) is 5.43 Å². The Morgan fingerprint density at radius 1 is 1.13 bits per heavy atom. The number of nitro benzene ring substituents is 1. The Labute approximate surface area is 170 Å². The van der Waals surface area contributed by atoms with E-state index in [1.165, 1.54) is 0 Å².